The predicted octanol–water partition coefficient (Wildman–Crippen LogP) is -0.0758. The highest BCUT2D eigenvalue weighted by Crippen LogP contribution is 2.22. The van der Waals surface area contributed by atoms with Gasteiger partial charge in [0.25, 0.3) is 0 Å². The highest BCUT2D eigenvalue weighted by molar-refractivity contribution is 4.99. The molecule has 0 radical (unpaired) electrons. The third-order valence-electron chi connectivity index (χ3n) is 1.77. The molecule has 1 saturated heterocycles. The van der Waals surface area contributed by atoms with E-state index in [1.54, 1.807) is 4.90 Å². The summed E-state index contributed by atoms with van der Waals surface area (Å²) in [4.78, 5) is 1.55. The fourth-order valence-electron chi connectivity index (χ4n) is 0.959. The summed E-state index contributed by atoms with van der Waals surface area (Å²) in [7, 11) is 0. The van der Waals surface area contributed by atoms with E-state index in [4.69, 9.17) is 5.26 Å². The Labute approximate surface area is 54.5 Å². The first kappa shape index (κ1) is 6.37. The fraction of sp³-hybridized carbons (Fsp3) is 0.833. The van der Waals surface area contributed by atoms with E-state index in [2.05, 4.69) is 0 Å². The average Bonchev–Trinajstić information content (AvgIpc) is 1.81. The van der Waals surface area contributed by atoms with Crippen LogP contribution in [0.5, 0.6) is 0 Å². The van der Waals surface area contributed by atoms with Crippen molar-refractivity contribution < 1.29 is 5.11 Å². The van der Waals surface area contributed by atoms with Crippen LogP contribution in [0.2, 0.25) is 0 Å². The maximum Gasteiger partial charge on any atom is 0.179 e. The number of nitriles is 1. The maximum absolute atomic E-state index is 9.33. The van der Waals surface area contributed by atoms with E-state index in [-0.39, 0.29) is 0 Å². The first-order chi connectivity index (χ1) is 4.20. The summed E-state index contributed by atoms with van der Waals surface area (Å²) >= 11 is 0. The Morgan fingerprint density at radius 3 is 2.67 bits per heavy atom. The molecule has 0 saturated carbocycles. The van der Waals surface area contributed by atoms with Crippen molar-refractivity contribution in [1.82, 2.24) is 4.90 Å². The number of rotatable bonds is 1. The molecule has 1 N–H and O–H groups in total. The number of β-amino-alcohol motifs (C(OH)–C–C–N with tert-alkyl or cyclic N) is 1. The summed E-state index contributed by atoms with van der Waals surface area (Å²) in [5.41, 5.74) is -0.560. The lowest BCUT2D eigenvalue weighted by atomic mass is 9.92. The van der Waals surface area contributed by atoms with Gasteiger partial charge in [0.2, 0.25) is 0 Å². The molecule has 0 bridgehead atoms. The van der Waals surface area contributed by atoms with E-state index in [1.807, 2.05) is 13.1 Å². The van der Waals surface area contributed by atoms with E-state index in [9.17, 15) is 5.11 Å². The standard InChI is InChI=1S/C6H10N2O/c1-2-6(9)3-8(4-6)5-7/h9H,2-4H2,1H3. The van der Waals surface area contributed by atoms with Crippen LogP contribution < -0.4 is 0 Å². The van der Waals surface area contributed by atoms with Crippen molar-refractivity contribution in [1.29, 1.82) is 5.26 Å². The van der Waals surface area contributed by atoms with Gasteiger partial charge in [-0.05, 0) is 6.42 Å². The lowest BCUT2D eigenvalue weighted by Gasteiger charge is -2.42. The minimum absolute atomic E-state index is 0.514. The summed E-state index contributed by atoms with van der Waals surface area (Å²) in [6.07, 6.45) is 2.71. The molecule has 1 rings (SSSR count). The molecule has 0 aromatic heterocycles. The van der Waals surface area contributed by atoms with Crippen LogP contribution in [0, 0.1) is 11.5 Å². The Bertz CT molecular complexity index is 144. The zero-order valence-corrected chi connectivity index (χ0v) is 5.46. The second-order valence-corrected chi connectivity index (χ2v) is 2.53. The number of hydrogen-bond donors (Lipinski definition) is 1. The molecule has 0 unspecified atom stereocenters. The molecule has 0 aromatic rings. The summed E-state index contributed by atoms with van der Waals surface area (Å²) in [5, 5.41) is 17.6. The average molecular weight is 126 g/mol. The van der Waals surface area contributed by atoms with Gasteiger partial charge in [0.1, 0.15) is 5.60 Å². The van der Waals surface area contributed by atoms with E-state index in [0.29, 0.717) is 13.1 Å². The summed E-state index contributed by atoms with van der Waals surface area (Å²) < 4.78 is 0. The highest BCUT2D eigenvalue weighted by atomic mass is 16.3. The molecule has 50 valence electrons. The predicted molar refractivity (Wildman–Crippen MR) is 32.4 cm³/mol. The van der Waals surface area contributed by atoms with E-state index in [0.717, 1.165) is 6.42 Å². The van der Waals surface area contributed by atoms with Gasteiger partial charge in [-0.15, -0.1) is 0 Å². The van der Waals surface area contributed by atoms with E-state index in [1.165, 1.54) is 0 Å². The van der Waals surface area contributed by atoms with Gasteiger partial charge in [0, 0.05) is 0 Å². The molecule has 0 aromatic carbocycles. The van der Waals surface area contributed by atoms with Gasteiger partial charge in [0.05, 0.1) is 13.1 Å². The molecular weight excluding hydrogens is 116 g/mol. The molecule has 9 heavy (non-hydrogen) atoms. The van der Waals surface area contributed by atoms with Crippen LogP contribution in [0.1, 0.15) is 13.3 Å². The molecule has 3 nitrogen and oxygen atoms in total. The van der Waals surface area contributed by atoms with Crippen molar-refractivity contribution in [2.45, 2.75) is 18.9 Å². The third-order valence-corrected chi connectivity index (χ3v) is 1.77. The molecule has 1 aliphatic heterocycles. The van der Waals surface area contributed by atoms with Gasteiger partial charge < -0.3 is 10.0 Å². The van der Waals surface area contributed by atoms with E-state index >= 15 is 0 Å². The Balaban J connectivity index is 2.34. The molecule has 0 aliphatic carbocycles. The van der Waals surface area contributed by atoms with Crippen molar-refractivity contribution in [3.63, 3.8) is 0 Å². The van der Waals surface area contributed by atoms with E-state index < -0.39 is 5.60 Å². The molecule has 0 atom stereocenters. The largest absolute Gasteiger partial charge is 0.386 e. The monoisotopic (exact) mass is 126 g/mol. The van der Waals surface area contributed by atoms with Gasteiger partial charge in [0.15, 0.2) is 6.19 Å². The maximum atomic E-state index is 9.33. The SMILES string of the molecule is CCC1(O)CN(C#N)C1. The summed E-state index contributed by atoms with van der Waals surface area (Å²) in [6.45, 7) is 2.95. The summed E-state index contributed by atoms with van der Waals surface area (Å²) in [5.74, 6) is 0. The van der Waals surface area contributed by atoms with Crippen molar-refractivity contribution in [3.8, 4) is 6.19 Å². The molecular formula is C6H10N2O. The Morgan fingerprint density at radius 2 is 2.33 bits per heavy atom. The second-order valence-electron chi connectivity index (χ2n) is 2.53. The Kier molecular flexibility index (Phi) is 1.34. The lowest BCUT2D eigenvalue weighted by Crippen LogP contribution is -2.59. The first-order valence-electron chi connectivity index (χ1n) is 3.07. The van der Waals surface area contributed by atoms with Gasteiger partial charge in [-0.2, -0.15) is 5.26 Å². The second kappa shape index (κ2) is 1.89. The van der Waals surface area contributed by atoms with Crippen molar-refractivity contribution >= 4 is 0 Å². The number of nitrogens with zero attached hydrogens (tertiary/aromatic N) is 2. The molecule has 1 heterocycles. The van der Waals surface area contributed by atoms with Gasteiger partial charge in [-0.25, -0.2) is 0 Å². The minimum atomic E-state index is -0.560. The smallest absolute Gasteiger partial charge is 0.179 e. The molecule has 1 fully saturated rings. The number of aliphatic hydroxyl groups is 1. The Morgan fingerprint density at radius 1 is 1.78 bits per heavy atom. The number of hydrogen-bond acceptors (Lipinski definition) is 3. The molecule has 0 amide bonds. The van der Waals surface area contributed by atoms with Crippen LogP contribution in [0.15, 0.2) is 0 Å². The minimum Gasteiger partial charge on any atom is -0.386 e. The quantitative estimate of drug-likeness (QED) is 0.500. The van der Waals surface area contributed by atoms with Crippen LogP contribution in [0.4, 0.5) is 0 Å². The topological polar surface area (TPSA) is 47.3 Å². The van der Waals surface area contributed by atoms with Crippen molar-refractivity contribution in [3.05, 3.63) is 0 Å². The molecule has 0 spiro atoms. The van der Waals surface area contributed by atoms with Crippen LogP contribution in [0.25, 0.3) is 0 Å². The lowest BCUT2D eigenvalue weighted by molar-refractivity contribution is -0.0740. The van der Waals surface area contributed by atoms with Gasteiger partial charge in [-0.1, -0.05) is 6.92 Å². The third kappa shape index (κ3) is 0.984. The van der Waals surface area contributed by atoms with Crippen molar-refractivity contribution in [2.75, 3.05) is 13.1 Å². The first-order valence-corrected chi connectivity index (χ1v) is 3.07. The molecule has 1 aliphatic rings. The normalized spacial score (nSPS) is 22.6. The zero-order chi connectivity index (χ0) is 6.91. The molecule has 3 heteroatoms. The van der Waals surface area contributed by atoms with Crippen LogP contribution >= 0.6 is 0 Å². The highest BCUT2D eigenvalue weighted by Gasteiger charge is 2.38. The van der Waals surface area contributed by atoms with Crippen LogP contribution in [-0.4, -0.2) is 28.7 Å². The number of likely N-dealkylation sites (tertiary alicyclic amines) is 1. The van der Waals surface area contributed by atoms with Crippen molar-refractivity contribution in [2.24, 2.45) is 0 Å². The zero-order valence-electron chi connectivity index (χ0n) is 5.46. The Hall–Kier alpha value is -0.750. The summed E-state index contributed by atoms with van der Waals surface area (Å²) in [6, 6.07) is 0. The van der Waals surface area contributed by atoms with Gasteiger partial charge in [-0.3, -0.25) is 0 Å². The fourth-order valence-corrected chi connectivity index (χ4v) is 0.959. The van der Waals surface area contributed by atoms with Gasteiger partial charge >= 0.3 is 0 Å². The van der Waals surface area contributed by atoms with Crippen LogP contribution in [0.3, 0.4) is 0 Å². The van der Waals surface area contributed by atoms with Crippen LogP contribution in [-0.2, 0) is 0 Å².